The fraction of sp³-hybridized carbons (Fsp3) is 0.533. The van der Waals surface area contributed by atoms with Crippen LogP contribution in [0.2, 0.25) is 0 Å². The van der Waals surface area contributed by atoms with E-state index in [1.807, 2.05) is 0 Å². The van der Waals surface area contributed by atoms with Gasteiger partial charge in [-0.1, -0.05) is 24.3 Å². The Kier molecular flexibility index (Phi) is 2.75. The summed E-state index contributed by atoms with van der Waals surface area (Å²) in [6.07, 6.45) is 2.71. The minimum atomic E-state index is 0.433. The first-order chi connectivity index (χ1) is 8.24. The smallest absolute Gasteiger partial charge is 0.135 e. The molecule has 1 saturated heterocycles. The molecule has 1 aromatic rings. The van der Waals surface area contributed by atoms with Gasteiger partial charge < -0.3 is 0 Å². The van der Waals surface area contributed by atoms with E-state index in [-0.39, 0.29) is 0 Å². The summed E-state index contributed by atoms with van der Waals surface area (Å²) in [7, 11) is 0. The van der Waals surface area contributed by atoms with Crippen molar-refractivity contribution in [3.63, 3.8) is 0 Å². The third kappa shape index (κ3) is 2.02. The first-order valence-corrected chi connectivity index (χ1v) is 6.57. The van der Waals surface area contributed by atoms with Crippen LogP contribution < -0.4 is 0 Å². The Morgan fingerprint density at radius 1 is 1.29 bits per heavy atom. The van der Waals surface area contributed by atoms with E-state index < -0.39 is 0 Å². The molecule has 2 heteroatoms. The third-order valence-corrected chi connectivity index (χ3v) is 4.24. The lowest BCUT2D eigenvalue weighted by molar-refractivity contribution is -0.123. The number of fused-ring (bicyclic) bond motifs is 1. The van der Waals surface area contributed by atoms with Crippen LogP contribution in [-0.2, 0) is 11.2 Å². The Morgan fingerprint density at radius 3 is 2.88 bits per heavy atom. The lowest BCUT2D eigenvalue weighted by atomic mass is 9.77. The lowest BCUT2D eigenvalue weighted by Crippen LogP contribution is -2.44. The summed E-state index contributed by atoms with van der Waals surface area (Å²) in [6.45, 7) is 4.27. The van der Waals surface area contributed by atoms with Crippen LogP contribution in [0.5, 0.6) is 0 Å². The largest absolute Gasteiger partial charge is 0.300 e. The SMILES string of the molecule is CC1CC(=O)CCN1CC1Cc2ccccc21. The van der Waals surface area contributed by atoms with E-state index >= 15 is 0 Å². The van der Waals surface area contributed by atoms with Crippen molar-refractivity contribution >= 4 is 5.78 Å². The second-order valence-electron chi connectivity index (χ2n) is 5.44. The second kappa shape index (κ2) is 4.26. The Balaban J connectivity index is 1.64. The molecule has 2 unspecified atom stereocenters. The normalized spacial score (nSPS) is 28.6. The third-order valence-electron chi connectivity index (χ3n) is 4.24. The summed E-state index contributed by atoms with van der Waals surface area (Å²) in [5.74, 6) is 1.13. The summed E-state index contributed by atoms with van der Waals surface area (Å²) < 4.78 is 0. The molecule has 90 valence electrons. The number of likely N-dealkylation sites (tertiary alicyclic amines) is 1. The molecule has 0 aromatic heterocycles. The zero-order chi connectivity index (χ0) is 11.8. The minimum Gasteiger partial charge on any atom is -0.300 e. The number of ketones is 1. The number of hydrogen-bond acceptors (Lipinski definition) is 2. The molecule has 17 heavy (non-hydrogen) atoms. The Hall–Kier alpha value is -1.15. The van der Waals surface area contributed by atoms with Crippen molar-refractivity contribution in [1.82, 2.24) is 4.90 Å². The maximum absolute atomic E-state index is 11.4. The number of Topliss-reactive ketones (excluding diaryl/α,β-unsaturated/α-hetero) is 1. The molecule has 3 rings (SSSR count). The second-order valence-corrected chi connectivity index (χ2v) is 5.44. The van der Waals surface area contributed by atoms with Crippen molar-refractivity contribution in [2.24, 2.45) is 0 Å². The number of benzene rings is 1. The monoisotopic (exact) mass is 229 g/mol. The van der Waals surface area contributed by atoms with Gasteiger partial charge in [0.1, 0.15) is 5.78 Å². The van der Waals surface area contributed by atoms with Gasteiger partial charge in [-0.3, -0.25) is 9.69 Å². The molecule has 1 heterocycles. The average Bonchev–Trinajstić information content (AvgIpc) is 2.28. The highest BCUT2D eigenvalue weighted by molar-refractivity contribution is 5.79. The summed E-state index contributed by atoms with van der Waals surface area (Å²) in [5, 5.41) is 0. The predicted molar refractivity (Wildman–Crippen MR) is 68.2 cm³/mol. The van der Waals surface area contributed by atoms with Crippen molar-refractivity contribution in [3.05, 3.63) is 35.4 Å². The fourth-order valence-electron chi connectivity index (χ4n) is 3.13. The first kappa shape index (κ1) is 11.0. The van der Waals surface area contributed by atoms with Gasteiger partial charge in [-0.05, 0) is 24.5 Å². The van der Waals surface area contributed by atoms with Crippen molar-refractivity contribution < 1.29 is 4.79 Å². The summed E-state index contributed by atoms with van der Waals surface area (Å²) >= 11 is 0. The molecule has 1 aliphatic heterocycles. The van der Waals surface area contributed by atoms with Crippen molar-refractivity contribution in [2.45, 2.75) is 38.1 Å². The van der Waals surface area contributed by atoms with E-state index in [9.17, 15) is 4.79 Å². The van der Waals surface area contributed by atoms with Gasteiger partial charge in [-0.25, -0.2) is 0 Å². The molecule has 0 bridgehead atoms. The van der Waals surface area contributed by atoms with Gasteiger partial charge in [0.2, 0.25) is 0 Å². The lowest BCUT2D eigenvalue weighted by Gasteiger charge is -2.39. The number of nitrogens with zero attached hydrogens (tertiary/aromatic N) is 1. The van der Waals surface area contributed by atoms with Gasteiger partial charge in [-0.15, -0.1) is 0 Å². The average molecular weight is 229 g/mol. The number of hydrogen-bond donors (Lipinski definition) is 0. The maximum atomic E-state index is 11.4. The highest BCUT2D eigenvalue weighted by atomic mass is 16.1. The highest BCUT2D eigenvalue weighted by Gasteiger charge is 2.31. The van der Waals surface area contributed by atoms with Crippen molar-refractivity contribution in [1.29, 1.82) is 0 Å². The zero-order valence-corrected chi connectivity index (χ0v) is 10.4. The molecule has 2 aliphatic rings. The number of piperidine rings is 1. The van der Waals surface area contributed by atoms with Crippen LogP contribution in [-0.4, -0.2) is 29.8 Å². The zero-order valence-electron chi connectivity index (χ0n) is 10.4. The van der Waals surface area contributed by atoms with E-state index in [1.165, 1.54) is 17.5 Å². The van der Waals surface area contributed by atoms with Gasteiger partial charge in [0.25, 0.3) is 0 Å². The van der Waals surface area contributed by atoms with Gasteiger partial charge in [0.15, 0.2) is 0 Å². The minimum absolute atomic E-state index is 0.433. The van der Waals surface area contributed by atoms with Crippen LogP contribution in [0.3, 0.4) is 0 Å². The molecule has 2 nitrogen and oxygen atoms in total. The molecule has 0 N–H and O–H groups in total. The summed E-state index contributed by atoms with van der Waals surface area (Å²) in [6, 6.07) is 9.17. The van der Waals surface area contributed by atoms with Gasteiger partial charge in [-0.2, -0.15) is 0 Å². The van der Waals surface area contributed by atoms with Crippen molar-refractivity contribution in [3.8, 4) is 0 Å². The molecule has 0 radical (unpaired) electrons. The molecule has 0 amide bonds. The molecule has 1 aliphatic carbocycles. The van der Waals surface area contributed by atoms with E-state index in [1.54, 1.807) is 0 Å². The Labute approximate surface area is 103 Å². The molecule has 0 saturated carbocycles. The topological polar surface area (TPSA) is 20.3 Å². The quantitative estimate of drug-likeness (QED) is 0.776. The van der Waals surface area contributed by atoms with Crippen LogP contribution in [0.4, 0.5) is 0 Å². The Morgan fingerprint density at radius 2 is 2.12 bits per heavy atom. The molecule has 0 spiro atoms. The van der Waals surface area contributed by atoms with E-state index in [0.717, 1.165) is 25.9 Å². The molecule has 2 atom stereocenters. The van der Waals surface area contributed by atoms with Crippen molar-refractivity contribution in [2.75, 3.05) is 13.1 Å². The highest BCUT2D eigenvalue weighted by Crippen LogP contribution is 2.36. The first-order valence-electron chi connectivity index (χ1n) is 6.57. The van der Waals surface area contributed by atoms with E-state index in [0.29, 0.717) is 17.7 Å². The van der Waals surface area contributed by atoms with Crippen LogP contribution >= 0.6 is 0 Å². The number of rotatable bonds is 2. The van der Waals surface area contributed by atoms with Gasteiger partial charge in [0, 0.05) is 37.9 Å². The standard InChI is InChI=1S/C15H19NO/c1-11-8-14(17)6-7-16(11)10-13-9-12-4-2-3-5-15(12)13/h2-5,11,13H,6-10H2,1H3. The molecular weight excluding hydrogens is 210 g/mol. The number of carbonyl (C=O) groups excluding carboxylic acids is 1. The van der Waals surface area contributed by atoms with E-state index in [4.69, 9.17) is 0 Å². The molecule has 1 fully saturated rings. The molecular formula is C15H19NO. The van der Waals surface area contributed by atoms with Crippen LogP contribution in [0, 0.1) is 0 Å². The summed E-state index contributed by atoms with van der Waals surface area (Å²) in [5.41, 5.74) is 3.04. The number of carbonyl (C=O) groups is 1. The van der Waals surface area contributed by atoms with Gasteiger partial charge in [0.05, 0.1) is 0 Å². The molecule has 1 aromatic carbocycles. The van der Waals surface area contributed by atoms with Gasteiger partial charge >= 0.3 is 0 Å². The van der Waals surface area contributed by atoms with Crippen LogP contribution in [0.25, 0.3) is 0 Å². The predicted octanol–water partition coefficient (Wildman–Crippen LogP) is 2.38. The van der Waals surface area contributed by atoms with Crippen LogP contribution in [0.15, 0.2) is 24.3 Å². The maximum Gasteiger partial charge on any atom is 0.135 e. The Bertz CT molecular complexity index is 440. The fourth-order valence-corrected chi connectivity index (χ4v) is 3.13. The summed E-state index contributed by atoms with van der Waals surface area (Å²) in [4.78, 5) is 13.8. The van der Waals surface area contributed by atoms with Crippen LogP contribution in [0.1, 0.15) is 36.8 Å². The van der Waals surface area contributed by atoms with E-state index in [2.05, 4.69) is 36.1 Å².